The lowest BCUT2D eigenvalue weighted by molar-refractivity contribution is -0.139. The van der Waals surface area contributed by atoms with Gasteiger partial charge in [0, 0.05) is 19.0 Å². The van der Waals surface area contributed by atoms with Crippen molar-refractivity contribution in [2.45, 2.75) is 45.6 Å². The summed E-state index contributed by atoms with van der Waals surface area (Å²) in [6, 6.07) is 8.87. The first kappa shape index (κ1) is 20.6. The fourth-order valence-corrected chi connectivity index (χ4v) is 3.64. The molecule has 1 aromatic rings. The number of ether oxygens (including phenoxy) is 3. The van der Waals surface area contributed by atoms with Gasteiger partial charge in [0.2, 0.25) is 5.91 Å². The lowest BCUT2D eigenvalue weighted by atomic mass is 9.94. The first-order chi connectivity index (χ1) is 13.5. The van der Waals surface area contributed by atoms with Gasteiger partial charge in [-0.25, -0.2) is 4.79 Å². The van der Waals surface area contributed by atoms with Gasteiger partial charge in [-0.2, -0.15) is 0 Å². The maximum Gasteiger partial charge on any atom is 0.408 e. The molecule has 0 unspecified atom stereocenters. The van der Waals surface area contributed by atoms with E-state index in [1.54, 1.807) is 0 Å². The number of likely N-dealkylation sites (tertiary alicyclic amines) is 1. The third-order valence-corrected chi connectivity index (χ3v) is 5.30. The molecule has 28 heavy (non-hydrogen) atoms. The number of carbonyl (C=O) groups is 2. The summed E-state index contributed by atoms with van der Waals surface area (Å²) in [7, 11) is 0. The summed E-state index contributed by atoms with van der Waals surface area (Å²) in [6.07, 6.45) is 0.988. The molecule has 0 aliphatic carbocycles. The van der Waals surface area contributed by atoms with Crippen molar-refractivity contribution in [1.29, 1.82) is 0 Å². The van der Waals surface area contributed by atoms with Crippen LogP contribution in [0.2, 0.25) is 0 Å². The van der Waals surface area contributed by atoms with E-state index < -0.39 is 12.1 Å². The van der Waals surface area contributed by atoms with Gasteiger partial charge in [0.25, 0.3) is 0 Å². The van der Waals surface area contributed by atoms with Crippen molar-refractivity contribution in [2.75, 3.05) is 26.3 Å². The van der Waals surface area contributed by atoms with Gasteiger partial charge in [-0.15, -0.1) is 0 Å². The lowest BCUT2D eigenvalue weighted by Crippen LogP contribution is -2.53. The highest BCUT2D eigenvalue weighted by Crippen LogP contribution is 2.26. The molecule has 2 aliphatic heterocycles. The Bertz CT molecular complexity index is 637. The molecule has 154 valence electrons. The monoisotopic (exact) mass is 390 g/mol. The summed E-state index contributed by atoms with van der Waals surface area (Å²) < 4.78 is 16.5. The van der Waals surface area contributed by atoms with E-state index in [0.717, 1.165) is 18.4 Å². The zero-order valence-corrected chi connectivity index (χ0v) is 16.6. The summed E-state index contributed by atoms with van der Waals surface area (Å²) in [5, 5.41) is 2.75. The van der Waals surface area contributed by atoms with Crippen molar-refractivity contribution in [3.63, 3.8) is 0 Å². The van der Waals surface area contributed by atoms with Crippen LogP contribution in [-0.4, -0.2) is 55.5 Å². The minimum Gasteiger partial charge on any atom is -0.445 e. The number of nitrogens with zero attached hydrogens (tertiary/aromatic N) is 1. The standard InChI is InChI=1S/C21H30N2O5/c1-15(2)18(22-21(25)28-14-16-6-4-3-5-7-16)19(24)23-10-8-17(9-11-23)20-26-12-13-27-20/h3-7,15,17-18,20H,8-14H2,1-2H3,(H,22,25)/t18-/m0/s1. The Kier molecular flexibility index (Phi) is 7.28. The van der Waals surface area contributed by atoms with E-state index in [1.165, 1.54) is 0 Å². The van der Waals surface area contributed by atoms with Gasteiger partial charge >= 0.3 is 6.09 Å². The second kappa shape index (κ2) is 9.89. The number of benzene rings is 1. The number of hydrogen-bond donors (Lipinski definition) is 1. The first-order valence-electron chi connectivity index (χ1n) is 10.0. The van der Waals surface area contributed by atoms with E-state index in [2.05, 4.69) is 5.32 Å². The molecule has 7 heteroatoms. The molecule has 0 spiro atoms. The van der Waals surface area contributed by atoms with Crippen molar-refractivity contribution >= 4 is 12.0 Å². The number of alkyl carbamates (subject to hydrolysis) is 1. The number of amides is 2. The molecule has 1 atom stereocenters. The van der Waals surface area contributed by atoms with E-state index in [9.17, 15) is 9.59 Å². The van der Waals surface area contributed by atoms with Gasteiger partial charge in [0.1, 0.15) is 12.6 Å². The Balaban J connectivity index is 1.48. The molecule has 2 amide bonds. The zero-order valence-electron chi connectivity index (χ0n) is 16.6. The van der Waals surface area contributed by atoms with Crippen LogP contribution in [0.15, 0.2) is 30.3 Å². The number of nitrogens with one attached hydrogen (secondary N) is 1. The minimum atomic E-state index is -0.598. The van der Waals surface area contributed by atoms with Crippen molar-refractivity contribution in [2.24, 2.45) is 11.8 Å². The van der Waals surface area contributed by atoms with Crippen molar-refractivity contribution in [3.8, 4) is 0 Å². The largest absolute Gasteiger partial charge is 0.445 e. The fraction of sp³-hybridized carbons (Fsp3) is 0.619. The Hall–Kier alpha value is -2.12. The maximum absolute atomic E-state index is 13.0. The highest BCUT2D eigenvalue weighted by Gasteiger charge is 2.35. The average molecular weight is 390 g/mol. The van der Waals surface area contributed by atoms with Crippen molar-refractivity contribution in [1.82, 2.24) is 10.2 Å². The number of piperidine rings is 1. The van der Waals surface area contributed by atoms with Crippen LogP contribution in [0.1, 0.15) is 32.3 Å². The number of carbonyl (C=O) groups excluding carboxylic acids is 2. The molecule has 7 nitrogen and oxygen atoms in total. The van der Waals surface area contributed by atoms with Crippen LogP contribution in [0.4, 0.5) is 4.79 Å². The van der Waals surface area contributed by atoms with Crippen LogP contribution >= 0.6 is 0 Å². The van der Waals surface area contributed by atoms with Crippen LogP contribution in [-0.2, 0) is 25.6 Å². The van der Waals surface area contributed by atoms with Gasteiger partial charge in [0.15, 0.2) is 6.29 Å². The molecule has 0 saturated carbocycles. The Morgan fingerprint density at radius 3 is 2.39 bits per heavy atom. The molecular weight excluding hydrogens is 360 g/mol. The topological polar surface area (TPSA) is 77.1 Å². The molecule has 0 bridgehead atoms. The predicted molar refractivity (Wildman–Crippen MR) is 103 cm³/mol. The van der Waals surface area contributed by atoms with Gasteiger partial charge in [-0.1, -0.05) is 44.2 Å². The quantitative estimate of drug-likeness (QED) is 0.808. The fourth-order valence-electron chi connectivity index (χ4n) is 3.64. The maximum atomic E-state index is 13.0. The molecule has 2 fully saturated rings. The lowest BCUT2D eigenvalue weighted by Gasteiger charge is -2.36. The molecule has 2 heterocycles. The third kappa shape index (κ3) is 5.45. The number of rotatable bonds is 6. The van der Waals surface area contributed by atoms with Crippen molar-refractivity contribution < 1.29 is 23.8 Å². The summed E-state index contributed by atoms with van der Waals surface area (Å²) in [4.78, 5) is 27.0. The van der Waals surface area contributed by atoms with Gasteiger partial charge in [-0.05, 0) is 24.3 Å². The summed E-state index contributed by atoms with van der Waals surface area (Å²) in [5.41, 5.74) is 0.906. The molecule has 0 radical (unpaired) electrons. The summed E-state index contributed by atoms with van der Waals surface area (Å²) in [5.74, 6) is 0.238. The second-order valence-electron chi connectivity index (χ2n) is 7.70. The van der Waals surface area contributed by atoms with E-state index in [4.69, 9.17) is 14.2 Å². The molecular formula is C21H30N2O5. The Morgan fingerprint density at radius 2 is 1.79 bits per heavy atom. The third-order valence-electron chi connectivity index (χ3n) is 5.30. The van der Waals surface area contributed by atoms with Crippen LogP contribution in [0, 0.1) is 11.8 Å². The van der Waals surface area contributed by atoms with Crippen LogP contribution in [0.3, 0.4) is 0 Å². The molecule has 2 saturated heterocycles. The normalized spacial score (nSPS) is 19.6. The molecule has 3 rings (SSSR count). The summed E-state index contributed by atoms with van der Waals surface area (Å²) >= 11 is 0. The molecule has 0 aromatic heterocycles. The highest BCUT2D eigenvalue weighted by molar-refractivity contribution is 5.86. The van der Waals surface area contributed by atoms with Gasteiger partial charge < -0.3 is 24.4 Å². The van der Waals surface area contributed by atoms with E-state index in [1.807, 2.05) is 49.1 Å². The Morgan fingerprint density at radius 1 is 1.14 bits per heavy atom. The van der Waals surface area contributed by atoms with E-state index in [-0.39, 0.29) is 24.7 Å². The van der Waals surface area contributed by atoms with Crippen LogP contribution in [0.25, 0.3) is 0 Å². The summed E-state index contributed by atoms with van der Waals surface area (Å²) in [6.45, 7) is 6.62. The molecule has 1 aromatic carbocycles. The van der Waals surface area contributed by atoms with Gasteiger partial charge in [-0.3, -0.25) is 4.79 Å². The van der Waals surface area contributed by atoms with E-state index >= 15 is 0 Å². The predicted octanol–water partition coefficient (Wildman–Crippen LogP) is 2.55. The zero-order chi connectivity index (χ0) is 19.9. The Labute approximate surface area is 166 Å². The van der Waals surface area contributed by atoms with Crippen molar-refractivity contribution in [3.05, 3.63) is 35.9 Å². The second-order valence-corrected chi connectivity index (χ2v) is 7.70. The SMILES string of the molecule is CC(C)[C@H](NC(=O)OCc1ccccc1)C(=O)N1CCC(C2OCCO2)CC1. The average Bonchev–Trinajstić information content (AvgIpc) is 3.25. The number of hydrogen-bond acceptors (Lipinski definition) is 5. The van der Waals surface area contributed by atoms with E-state index in [0.29, 0.717) is 32.2 Å². The smallest absolute Gasteiger partial charge is 0.408 e. The molecule has 2 aliphatic rings. The first-order valence-corrected chi connectivity index (χ1v) is 10.0. The van der Waals surface area contributed by atoms with Gasteiger partial charge in [0.05, 0.1) is 13.2 Å². The van der Waals surface area contributed by atoms with Crippen LogP contribution < -0.4 is 5.32 Å². The van der Waals surface area contributed by atoms with Crippen LogP contribution in [0.5, 0.6) is 0 Å². The minimum absolute atomic E-state index is 0.0315. The highest BCUT2D eigenvalue weighted by atomic mass is 16.7. The molecule has 1 N–H and O–H groups in total.